The van der Waals surface area contributed by atoms with E-state index in [2.05, 4.69) is 4.74 Å². The summed E-state index contributed by atoms with van der Waals surface area (Å²) < 4.78 is 11.2. The van der Waals surface area contributed by atoms with Crippen molar-refractivity contribution in [2.24, 2.45) is 0 Å². The van der Waals surface area contributed by atoms with E-state index in [0.717, 1.165) is 13.1 Å². The molecule has 1 heterocycles. The first-order valence-corrected chi connectivity index (χ1v) is 3.95. The molecule has 10 heavy (non-hydrogen) atoms. The van der Waals surface area contributed by atoms with E-state index < -0.39 is 0 Å². The lowest BCUT2D eigenvalue weighted by Crippen LogP contribution is -2.03. The van der Waals surface area contributed by atoms with Crippen LogP contribution in [0.1, 0.15) is 26.7 Å². The Morgan fingerprint density at radius 1 is 1.20 bits per heavy atom. The summed E-state index contributed by atoms with van der Waals surface area (Å²) >= 11 is 0. The van der Waals surface area contributed by atoms with Gasteiger partial charge in [0, 0.05) is 14.2 Å². The van der Waals surface area contributed by atoms with Gasteiger partial charge in [0.05, 0.1) is 0 Å². The highest BCUT2D eigenvalue weighted by Crippen LogP contribution is 1.90. The van der Waals surface area contributed by atoms with Crippen molar-refractivity contribution >= 4 is 0 Å². The molecule has 0 radical (unpaired) electrons. The van der Waals surface area contributed by atoms with Crippen molar-refractivity contribution in [3.63, 3.8) is 0 Å². The highest BCUT2D eigenvalue weighted by atomic mass is 16.4. The zero-order chi connectivity index (χ0) is 9.11. The molecule has 1 N–H and O–H groups in total. The molecule has 1 aliphatic rings. The molecule has 0 amide bonds. The summed E-state index contributed by atoms with van der Waals surface area (Å²) in [6, 6.07) is 0. The Morgan fingerprint density at radius 2 is 1.50 bits per heavy atom. The van der Waals surface area contributed by atoms with E-state index in [1.54, 1.807) is 19.5 Å². The Bertz CT molecular complexity index is 56.1. The molecule has 0 aromatic rings. The van der Waals surface area contributed by atoms with Crippen molar-refractivity contribution in [2.75, 3.05) is 27.3 Å². The van der Waals surface area contributed by atoms with E-state index in [9.17, 15) is 0 Å². The maximum Gasteiger partial charge on any atom is 0.122 e. The fourth-order valence-electron chi connectivity index (χ4n) is 0.559. The highest BCUT2D eigenvalue weighted by molar-refractivity contribution is 4.55. The van der Waals surface area contributed by atoms with Gasteiger partial charge in [-0.15, -0.1) is 0 Å². The molecule has 2 heteroatoms. The van der Waals surface area contributed by atoms with E-state index in [4.69, 9.17) is 1.41 Å². The zero-order valence-corrected chi connectivity index (χ0v) is 7.68. The second kappa shape index (κ2) is 16.0. The standard InChI is InChI=1S/C4H9N.C2H6O.C2H6/c1-2-4-5-3-1;1-3-2;1-2/h5H,1-4H2;1-2H3;1-2H3/i/hT. The lowest BCUT2D eigenvalue weighted by atomic mass is 10.4. The van der Waals surface area contributed by atoms with Gasteiger partial charge < -0.3 is 10.0 Å². The molecule has 1 saturated heterocycles. The van der Waals surface area contributed by atoms with E-state index in [0.29, 0.717) is 0 Å². The zero-order valence-electron chi connectivity index (χ0n) is 8.68. The van der Waals surface area contributed by atoms with E-state index >= 15 is 0 Å². The molecule has 1 fully saturated rings. The van der Waals surface area contributed by atoms with Crippen LogP contribution in [0.25, 0.3) is 0 Å². The van der Waals surface area contributed by atoms with Crippen LogP contribution in [0.5, 0.6) is 0 Å². The first-order chi connectivity index (χ1) is 5.31. The van der Waals surface area contributed by atoms with Crippen LogP contribution in [0.15, 0.2) is 0 Å². The molecule has 0 aromatic carbocycles. The monoisotopic (exact) mass is 149 g/mol. The van der Waals surface area contributed by atoms with Crippen molar-refractivity contribution in [1.82, 2.24) is 5.31 Å². The van der Waals surface area contributed by atoms with Crippen LogP contribution in [0.2, 0.25) is 1.41 Å². The van der Waals surface area contributed by atoms with Gasteiger partial charge in [0.1, 0.15) is 1.41 Å². The fourth-order valence-corrected chi connectivity index (χ4v) is 0.559. The summed E-state index contributed by atoms with van der Waals surface area (Å²) in [7, 11) is 3.25. The van der Waals surface area contributed by atoms with Crippen LogP contribution in [0.4, 0.5) is 0 Å². The number of hydrogen-bond acceptors (Lipinski definition) is 2. The summed E-state index contributed by atoms with van der Waals surface area (Å²) in [5.41, 5.74) is 0. The number of nitrogens with one attached hydrogen (secondary N) is 1. The van der Waals surface area contributed by atoms with Crippen molar-refractivity contribution in [2.45, 2.75) is 26.7 Å². The van der Waals surface area contributed by atoms with Gasteiger partial charge in [-0.2, -0.15) is 0 Å². The summed E-state index contributed by atoms with van der Waals surface area (Å²) in [6.07, 6.45) is 2.45. The van der Waals surface area contributed by atoms with Crippen LogP contribution in [0, 0.1) is 0 Å². The number of ether oxygens (including phenoxy) is 1. The summed E-state index contributed by atoms with van der Waals surface area (Å²) in [5.74, 6) is 0. The third-order valence-corrected chi connectivity index (χ3v) is 0.882. The highest BCUT2D eigenvalue weighted by Gasteiger charge is 1.93. The van der Waals surface area contributed by atoms with Gasteiger partial charge >= 0.3 is 0 Å². The van der Waals surface area contributed by atoms with Crippen LogP contribution < -0.4 is 5.31 Å². The molecular formula is C8H21NO. The lowest BCUT2D eigenvalue weighted by molar-refractivity contribution is 0.277. The van der Waals surface area contributed by atoms with Crippen molar-refractivity contribution in [1.29, 1.82) is 0 Å². The van der Waals surface area contributed by atoms with Gasteiger partial charge in [0.25, 0.3) is 0 Å². The lowest BCUT2D eigenvalue weighted by Gasteiger charge is -1.76. The smallest absolute Gasteiger partial charge is 0.122 e. The van der Waals surface area contributed by atoms with Crippen molar-refractivity contribution in [3.05, 3.63) is 0 Å². The molecule has 64 valence electrons. The fraction of sp³-hybridized carbons (Fsp3) is 1.00. The molecule has 1 aliphatic heterocycles. The molecule has 0 aromatic heterocycles. The molecule has 0 atom stereocenters. The Hall–Kier alpha value is -0.0800. The second-order valence-corrected chi connectivity index (χ2v) is 1.79. The molecule has 2 nitrogen and oxygen atoms in total. The molecule has 0 bridgehead atoms. The van der Waals surface area contributed by atoms with E-state index in [1.165, 1.54) is 12.8 Å². The van der Waals surface area contributed by atoms with Gasteiger partial charge in [0.2, 0.25) is 0 Å². The first kappa shape index (κ1) is 9.92. The Morgan fingerprint density at radius 3 is 1.60 bits per heavy atom. The summed E-state index contributed by atoms with van der Waals surface area (Å²) in [6.45, 7) is 5.97. The van der Waals surface area contributed by atoms with Crippen LogP contribution in [-0.2, 0) is 4.74 Å². The van der Waals surface area contributed by atoms with Crippen LogP contribution in [-0.4, -0.2) is 27.3 Å². The van der Waals surface area contributed by atoms with E-state index in [1.807, 2.05) is 13.8 Å². The summed E-state index contributed by atoms with van der Waals surface area (Å²) in [4.78, 5) is 0. The Balaban J connectivity index is 0. The van der Waals surface area contributed by atoms with Gasteiger partial charge in [0.15, 0.2) is 0 Å². The van der Waals surface area contributed by atoms with Crippen molar-refractivity contribution in [3.8, 4) is 0 Å². The molecule has 1 rings (SSSR count). The Labute approximate surface area is 66.4 Å². The SMILES string of the molecule is CC.COC.[3H]N1CCCC1. The number of hydrogen-bond donors (Lipinski definition) is 1. The predicted molar refractivity (Wildman–Crippen MR) is 46.4 cm³/mol. The third-order valence-electron chi connectivity index (χ3n) is 0.882. The molecule has 0 saturated carbocycles. The van der Waals surface area contributed by atoms with E-state index in [-0.39, 0.29) is 0 Å². The molecular weight excluding hydrogens is 126 g/mol. The van der Waals surface area contributed by atoms with Gasteiger partial charge in [-0.3, -0.25) is 0 Å². The maximum absolute atomic E-state index is 6.97. The number of methoxy groups -OCH3 is 1. The average Bonchev–Trinajstić information content (AvgIpc) is 2.46. The largest absolute Gasteiger partial charge is 0.388 e. The van der Waals surface area contributed by atoms with Crippen LogP contribution >= 0.6 is 0 Å². The van der Waals surface area contributed by atoms with Gasteiger partial charge in [-0.25, -0.2) is 0 Å². The van der Waals surface area contributed by atoms with Gasteiger partial charge in [-0.05, 0) is 25.9 Å². The second-order valence-electron chi connectivity index (χ2n) is 1.79. The topological polar surface area (TPSA) is 21.3 Å². The van der Waals surface area contributed by atoms with Crippen molar-refractivity contribution < 1.29 is 6.15 Å². The third kappa shape index (κ3) is 15.7. The van der Waals surface area contributed by atoms with Crippen LogP contribution in [0.3, 0.4) is 0 Å². The molecule has 0 aliphatic carbocycles. The minimum atomic E-state index is 0.986. The maximum atomic E-state index is 6.97. The first-order valence-electron chi connectivity index (χ1n) is 4.40. The minimum Gasteiger partial charge on any atom is -0.388 e. The molecule has 0 unspecified atom stereocenters. The summed E-state index contributed by atoms with van der Waals surface area (Å²) in [5, 5.41) is 1.61. The Kier molecular flexibility index (Phi) is 15.8. The average molecular weight is 149 g/mol. The quantitative estimate of drug-likeness (QED) is 0.565. The minimum absolute atomic E-state index is 0.986. The predicted octanol–water partition coefficient (Wildman–Crippen LogP) is 1.66. The normalized spacial score (nSPS) is 17.8. The number of rotatable bonds is 0. The molecule has 0 spiro atoms. The van der Waals surface area contributed by atoms with Gasteiger partial charge in [-0.1, -0.05) is 13.8 Å².